The largest absolute Gasteiger partial charge is 0.342 e. The van der Waals surface area contributed by atoms with Crippen molar-refractivity contribution in [2.75, 3.05) is 0 Å². The number of hydrazone groups is 1. The number of aromatic amines is 2. The van der Waals surface area contributed by atoms with Gasteiger partial charge in [0.2, 0.25) is 0 Å². The normalized spacial score (nSPS) is 12.3. The lowest BCUT2D eigenvalue weighted by Crippen LogP contribution is -2.30. The molecule has 3 N–H and O–H groups in total. The van der Waals surface area contributed by atoms with E-state index in [2.05, 4.69) is 20.7 Å². The number of hydrogen-bond acceptors (Lipinski definition) is 6. The lowest BCUT2D eigenvalue weighted by atomic mass is 10.2. The molecule has 10 heteroatoms. The molecule has 8 nitrogen and oxygen atoms in total. The van der Waals surface area contributed by atoms with Gasteiger partial charge in [-0.25, -0.2) is 15.3 Å². The number of nitrogens with zero attached hydrogens (tertiary/aromatic N) is 2. The Kier molecular flexibility index (Phi) is 5.72. The molecule has 2 aromatic rings. The van der Waals surface area contributed by atoms with Crippen LogP contribution in [0.3, 0.4) is 0 Å². The number of carbonyl (C=O) groups is 1. The fourth-order valence-corrected chi connectivity index (χ4v) is 2.44. The number of halogens is 1. The zero-order valence-electron chi connectivity index (χ0n) is 11.9. The van der Waals surface area contributed by atoms with E-state index in [1.807, 2.05) is 4.98 Å². The SMILES string of the molecule is CC(Sc1n[nH]c(=O)[nH]c1=O)C(=O)N/N=C/c1cccc(Cl)c1. The standard InChI is InChI=1S/C13H12ClN5O3S/c1-7(23-12-11(21)16-13(22)19-18-12)10(20)17-15-6-8-3-2-4-9(14)5-8/h2-7H,1H3,(H,17,20)(H2,16,19,21,22)/b15-6+. The molecule has 0 radical (unpaired) electrons. The van der Waals surface area contributed by atoms with Gasteiger partial charge in [-0.2, -0.15) is 10.2 Å². The number of aromatic nitrogens is 3. The highest BCUT2D eigenvalue weighted by Gasteiger charge is 2.16. The van der Waals surface area contributed by atoms with Crippen molar-refractivity contribution in [3.05, 3.63) is 55.7 Å². The Balaban J connectivity index is 1.95. The van der Waals surface area contributed by atoms with E-state index in [4.69, 9.17) is 11.6 Å². The van der Waals surface area contributed by atoms with Crippen molar-refractivity contribution in [1.82, 2.24) is 20.6 Å². The van der Waals surface area contributed by atoms with Crippen molar-refractivity contribution in [3.8, 4) is 0 Å². The molecule has 1 unspecified atom stereocenters. The van der Waals surface area contributed by atoms with Crippen LogP contribution in [-0.4, -0.2) is 32.6 Å². The first-order chi connectivity index (χ1) is 11.0. The van der Waals surface area contributed by atoms with Crippen molar-refractivity contribution < 1.29 is 4.79 Å². The van der Waals surface area contributed by atoms with Crippen LogP contribution in [0.25, 0.3) is 0 Å². The van der Waals surface area contributed by atoms with Crippen molar-refractivity contribution in [1.29, 1.82) is 0 Å². The summed E-state index contributed by atoms with van der Waals surface area (Å²) in [7, 11) is 0. The van der Waals surface area contributed by atoms with Crippen molar-refractivity contribution in [2.45, 2.75) is 17.2 Å². The van der Waals surface area contributed by atoms with E-state index in [0.29, 0.717) is 5.02 Å². The van der Waals surface area contributed by atoms with Gasteiger partial charge in [-0.3, -0.25) is 14.6 Å². The molecular weight excluding hydrogens is 342 g/mol. The summed E-state index contributed by atoms with van der Waals surface area (Å²) in [6.45, 7) is 1.58. The molecule has 1 heterocycles. The lowest BCUT2D eigenvalue weighted by Gasteiger charge is -2.07. The number of nitrogens with one attached hydrogen (secondary N) is 3. The molecule has 0 fully saturated rings. The fourth-order valence-electron chi connectivity index (χ4n) is 1.49. The quantitative estimate of drug-likeness (QED) is 0.416. The van der Waals surface area contributed by atoms with Gasteiger partial charge in [0.25, 0.3) is 11.5 Å². The summed E-state index contributed by atoms with van der Waals surface area (Å²) in [4.78, 5) is 36.3. The first-order valence-electron chi connectivity index (χ1n) is 6.40. The highest BCUT2D eigenvalue weighted by atomic mass is 35.5. The number of H-pyrrole nitrogens is 2. The second-order valence-electron chi connectivity index (χ2n) is 4.36. The Bertz CT molecular complexity index is 848. The van der Waals surface area contributed by atoms with Crippen LogP contribution in [0.2, 0.25) is 5.02 Å². The van der Waals surface area contributed by atoms with Crippen LogP contribution in [0.1, 0.15) is 12.5 Å². The second-order valence-corrected chi connectivity index (χ2v) is 6.13. The highest BCUT2D eigenvalue weighted by molar-refractivity contribution is 8.00. The third-order valence-corrected chi connectivity index (χ3v) is 3.88. The number of hydrogen-bond donors (Lipinski definition) is 3. The lowest BCUT2D eigenvalue weighted by molar-refractivity contribution is -0.120. The molecule has 1 atom stereocenters. The first-order valence-corrected chi connectivity index (χ1v) is 7.65. The molecule has 23 heavy (non-hydrogen) atoms. The summed E-state index contributed by atoms with van der Waals surface area (Å²) in [5.74, 6) is -0.416. The van der Waals surface area contributed by atoms with Gasteiger partial charge in [-0.15, -0.1) is 0 Å². The minimum atomic E-state index is -0.706. The molecule has 120 valence electrons. The molecule has 0 saturated carbocycles. The second kappa shape index (κ2) is 7.75. The van der Waals surface area contributed by atoms with Gasteiger partial charge in [0.1, 0.15) is 0 Å². The number of carbonyl (C=O) groups excluding carboxylic acids is 1. The maximum atomic E-state index is 11.9. The predicted octanol–water partition coefficient (Wildman–Crippen LogP) is 0.743. The Morgan fingerprint density at radius 3 is 2.96 bits per heavy atom. The Morgan fingerprint density at radius 1 is 1.48 bits per heavy atom. The number of rotatable bonds is 5. The van der Waals surface area contributed by atoms with E-state index in [9.17, 15) is 14.4 Å². The Morgan fingerprint density at radius 2 is 2.26 bits per heavy atom. The number of thioether (sulfide) groups is 1. The van der Waals surface area contributed by atoms with Crippen LogP contribution in [0.4, 0.5) is 0 Å². The zero-order chi connectivity index (χ0) is 16.8. The average Bonchev–Trinajstić information content (AvgIpc) is 2.50. The van der Waals surface area contributed by atoms with Gasteiger partial charge < -0.3 is 0 Å². The molecule has 0 bridgehead atoms. The maximum absolute atomic E-state index is 11.9. The minimum Gasteiger partial charge on any atom is -0.272 e. The summed E-state index contributed by atoms with van der Waals surface area (Å²) in [5, 5.41) is 9.43. The molecule has 2 rings (SSSR count). The van der Waals surface area contributed by atoms with Crippen LogP contribution in [0.15, 0.2) is 44.0 Å². The molecule has 1 aromatic heterocycles. The van der Waals surface area contributed by atoms with Crippen molar-refractivity contribution in [3.63, 3.8) is 0 Å². The van der Waals surface area contributed by atoms with Gasteiger partial charge in [0.15, 0.2) is 5.03 Å². The van der Waals surface area contributed by atoms with Gasteiger partial charge in [-0.1, -0.05) is 35.5 Å². The third-order valence-electron chi connectivity index (χ3n) is 2.57. The zero-order valence-corrected chi connectivity index (χ0v) is 13.4. The molecule has 1 aromatic carbocycles. The summed E-state index contributed by atoms with van der Waals surface area (Å²) in [6, 6.07) is 6.96. The Labute approximate surface area is 139 Å². The topological polar surface area (TPSA) is 120 Å². The van der Waals surface area contributed by atoms with E-state index in [0.717, 1.165) is 17.3 Å². The van der Waals surface area contributed by atoms with Crippen LogP contribution in [-0.2, 0) is 4.79 Å². The number of amides is 1. The molecule has 0 aliphatic heterocycles. The van der Waals surface area contributed by atoms with E-state index < -0.39 is 22.4 Å². The Hall–Kier alpha value is -2.39. The van der Waals surface area contributed by atoms with Gasteiger partial charge in [0, 0.05) is 5.02 Å². The molecule has 0 saturated heterocycles. The summed E-state index contributed by atoms with van der Waals surface area (Å²) >= 11 is 6.74. The van der Waals surface area contributed by atoms with Gasteiger partial charge in [0.05, 0.1) is 11.5 Å². The van der Waals surface area contributed by atoms with Crippen molar-refractivity contribution >= 4 is 35.5 Å². The van der Waals surface area contributed by atoms with Gasteiger partial charge in [-0.05, 0) is 24.6 Å². The monoisotopic (exact) mass is 353 g/mol. The summed E-state index contributed by atoms with van der Waals surface area (Å²) < 4.78 is 0. The molecule has 1 amide bonds. The third kappa shape index (κ3) is 5.08. The van der Waals surface area contributed by atoms with E-state index in [-0.39, 0.29) is 5.03 Å². The minimum absolute atomic E-state index is 0.00827. The average molecular weight is 354 g/mol. The van der Waals surface area contributed by atoms with Crippen LogP contribution in [0, 0.1) is 0 Å². The first kappa shape index (κ1) is 17.0. The van der Waals surface area contributed by atoms with Crippen molar-refractivity contribution in [2.24, 2.45) is 5.10 Å². The molecule has 0 aliphatic rings. The van der Waals surface area contributed by atoms with Crippen LogP contribution in [0.5, 0.6) is 0 Å². The maximum Gasteiger partial charge on any atom is 0.342 e. The van der Waals surface area contributed by atoms with E-state index in [1.165, 1.54) is 6.21 Å². The van der Waals surface area contributed by atoms with Gasteiger partial charge >= 0.3 is 5.69 Å². The number of benzene rings is 1. The van der Waals surface area contributed by atoms with E-state index in [1.54, 1.807) is 31.2 Å². The van der Waals surface area contributed by atoms with Crippen LogP contribution >= 0.6 is 23.4 Å². The van der Waals surface area contributed by atoms with E-state index >= 15 is 0 Å². The highest BCUT2D eigenvalue weighted by Crippen LogP contribution is 2.16. The fraction of sp³-hybridized carbons (Fsp3) is 0.154. The smallest absolute Gasteiger partial charge is 0.272 e. The summed E-state index contributed by atoms with van der Waals surface area (Å²) in [5.41, 5.74) is 1.73. The van der Waals surface area contributed by atoms with Crippen LogP contribution < -0.4 is 16.7 Å². The molecule has 0 aliphatic carbocycles. The summed E-state index contributed by atoms with van der Waals surface area (Å²) in [6.07, 6.45) is 1.45. The predicted molar refractivity (Wildman–Crippen MR) is 88.0 cm³/mol. The molecular formula is C13H12ClN5O3S. The molecule has 0 spiro atoms.